The van der Waals surface area contributed by atoms with Crippen LogP contribution in [-0.2, 0) is 9.59 Å². The van der Waals surface area contributed by atoms with Gasteiger partial charge in [-0.3, -0.25) is 9.59 Å². The summed E-state index contributed by atoms with van der Waals surface area (Å²) in [5.74, 6) is 0.786. The van der Waals surface area contributed by atoms with Gasteiger partial charge in [0.05, 0.1) is 32.6 Å². The molecule has 0 heterocycles. The van der Waals surface area contributed by atoms with Gasteiger partial charge in [0.2, 0.25) is 0 Å². The van der Waals surface area contributed by atoms with Crippen LogP contribution in [0.15, 0.2) is 47.4 Å². The average Bonchev–Trinajstić information content (AvgIpc) is 2.67. The number of quaternary nitrogens is 1. The highest BCUT2D eigenvalue weighted by Gasteiger charge is 2.17. The third-order valence-corrected chi connectivity index (χ3v) is 4.78. The van der Waals surface area contributed by atoms with Crippen LogP contribution >= 0.6 is 11.8 Å². The van der Waals surface area contributed by atoms with Crippen LogP contribution in [-0.4, -0.2) is 52.4 Å². The van der Waals surface area contributed by atoms with Gasteiger partial charge in [0, 0.05) is 11.0 Å². The van der Waals surface area contributed by atoms with Gasteiger partial charge in [0.1, 0.15) is 11.5 Å². The molecular weight excluding hydrogens is 378 g/mol. The predicted octanol–water partition coefficient (Wildman–Crippen LogP) is 1.52. The summed E-state index contributed by atoms with van der Waals surface area (Å²) in [4.78, 5) is 26.4. The largest absolute Gasteiger partial charge is 0.497 e. The predicted molar refractivity (Wildman–Crippen MR) is 112 cm³/mol. The lowest BCUT2D eigenvalue weighted by Gasteiger charge is -2.16. The van der Waals surface area contributed by atoms with E-state index in [1.54, 1.807) is 44.1 Å². The number of amides is 2. The maximum absolute atomic E-state index is 12.4. The number of para-hydroxylation sites is 1. The van der Waals surface area contributed by atoms with Crippen LogP contribution in [0.2, 0.25) is 0 Å². The van der Waals surface area contributed by atoms with Crippen molar-refractivity contribution in [3.05, 3.63) is 42.5 Å². The third-order valence-electron chi connectivity index (χ3n) is 3.99. The first-order chi connectivity index (χ1) is 13.5. The van der Waals surface area contributed by atoms with Crippen LogP contribution in [0.5, 0.6) is 11.5 Å². The van der Waals surface area contributed by atoms with Crippen molar-refractivity contribution >= 4 is 35.0 Å². The van der Waals surface area contributed by atoms with Gasteiger partial charge < -0.3 is 25.0 Å². The van der Waals surface area contributed by atoms with Crippen LogP contribution < -0.4 is 25.0 Å². The molecule has 0 aliphatic heterocycles. The zero-order chi connectivity index (χ0) is 20.5. The van der Waals surface area contributed by atoms with Gasteiger partial charge in [-0.05, 0) is 30.5 Å². The zero-order valence-electron chi connectivity index (χ0n) is 16.5. The van der Waals surface area contributed by atoms with Crippen LogP contribution in [0.1, 0.15) is 0 Å². The first kappa shape index (κ1) is 21.6. The van der Waals surface area contributed by atoms with Gasteiger partial charge >= 0.3 is 0 Å². The van der Waals surface area contributed by atoms with Crippen LogP contribution in [0.3, 0.4) is 0 Å². The van der Waals surface area contributed by atoms with Crippen molar-refractivity contribution in [3.8, 4) is 11.5 Å². The Kier molecular flexibility index (Phi) is 8.16. The lowest BCUT2D eigenvalue weighted by molar-refractivity contribution is -0.862. The molecule has 2 aromatic carbocycles. The molecule has 0 radical (unpaired) electrons. The fourth-order valence-corrected chi connectivity index (χ4v) is 3.21. The lowest BCUT2D eigenvalue weighted by Crippen LogP contribution is -3.11. The summed E-state index contributed by atoms with van der Waals surface area (Å²) in [5, 5.41) is 5.71. The van der Waals surface area contributed by atoms with Gasteiger partial charge in [-0.15, -0.1) is 11.8 Å². The number of carbonyl (C=O) groups excluding carboxylic acids is 2. The Morgan fingerprint density at radius 2 is 1.61 bits per heavy atom. The molecular formula is C20H26N3O4S+. The van der Waals surface area contributed by atoms with Gasteiger partial charge in [-0.1, -0.05) is 12.1 Å². The molecule has 8 heteroatoms. The summed E-state index contributed by atoms with van der Waals surface area (Å²) in [5.41, 5.74) is 1.30. The minimum absolute atomic E-state index is 0.137. The first-order valence-corrected chi connectivity index (χ1v) is 9.95. The van der Waals surface area contributed by atoms with Crippen molar-refractivity contribution in [1.29, 1.82) is 0 Å². The molecule has 1 atom stereocenters. The number of rotatable bonds is 9. The zero-order valence-corrected chi connectivity index (χ0v) is 17.3. The second-order valence-corrected chi connectivity index (χ2v) is 7.02. The molecule has 0 aliphatic carbocycles. The number of hydrogen-bond donors (Lipinski definition) is 3. The molecule has 0 aliphatic rings. The van der Waals surface area contributed by atoms with E-state index in [0.29, 0.717) is 17.2 Å². The van der Waals surface area contributed by atoms with E-state index >= 15 is 0 Å². The van der Waals surface area contributed by atoms with Crippen molar-refractivity contribution in [2.75, 3.05) is 51.2 Å². The highest BCUT2D eigenvalue weighted by Crippen LogP contribution is 2.28. The summed E-state index contributed by atoms with van der Waals surface area (Å²) in [7, 11) is 4.88. The number of likely N-dealkylation sites (N-methyl/N-ethyl adjacent to an activating group) is 1. The quantitative estimate of drug-likeness (QED) is 0.552. The molecule has 0 saturated heterocycles. The SMILES string of the molecule is COc1ccc(OC)c(NC(=O)C[NH+](C)CC(=O)Nc2ccccc2SC)c1. The molecule has 150 valence electrons. The van der Waals surface area contributed by atoms with Crippen molar-refractivity contribution in [2.24, 2.45) is 0 Å². The fraction of sp³-hybridized carbons (Fsp3) is 0.300. The number of hydrogen-bond acceptors (Lipinski definition) is 5. The highest BCUT2D eigenvalue weighted by atomic mass is 32.2. The normalized spacial score (nSPS) is 11.4. The van der Waals surface area contributed by atoms with Gasteiger partial charge in [0.15, 0.2) is 13.1 Å². The standard InChI is InChI=1S/C20H25N3O4S/c1-23(12-19(24)21-15-7-5-6-8-18(15)28-4)13-20(25)22-16-11-14(26-2)9-10-17(16)27-3/h5-11H,12-13H2,1-4H3,(H,21,24)(H,22,25)/p+1. The summed E-state index contributed by atoms with van der Waals surface area (Å²) < 4.78 is 10.4. The van der Waals surface area contributed by atoms with Crippen LogP contribution in [0.25, 0.3) is 0 Å². The smallest absolute Gasteiger partial charge is 0.279 e. The van der Waals surface area contributed by atoms with Crippen LogP contribution in [0, 0.1) is 0 Å². The molecule has 28 heavy (non-hydrogen) atoms. The van der Waals surface area contributed by atoms with Crippen molar-refractivity contribution in [3.63, 3.8) is 0 Å². The van der Waals surface area contributed by atoms with E-state index in [0.717, 1.165) is 15.5 Å². The van der Waals surface area contributed by atoms with E-state index in [9.17, 15) is 9.59 Å². The number of nitrogens with one attached hydrogen (secondary N) is 3. The summed E-state index contributed by atoms with van der Waals surface area (Å²) in [6.07, 6.45) is 1.96. The Morgan fingerprint density at radius 3 is 2.21 bits per heavy atom. The number of anilines is 2. The number of benzene rings is 2. The molecule has 0 bridgehead atoms. The molecule has 3 N–H and O–H groups in total. The van der Waals surface area contributed by atoms with Crippen molar-refractivity contribution in [1.82, 2.24) is 0 Å². The summed E-state index contributed by atoms with van der Waals surface area (Å²) in [6, 6.07) is 12.8. The van der Waals surface area contributed by atoms with Crippen molar-refractivity contribution < 1.29 is 24.0 Å². The Bertz CT molecular complexity index is 829. The minimum atomic E-state index is -0.221. The van der Waals surface area contributed by atoms with E-state index in [1.807, 2.05) is 30.5 Å². The molecule has 0 aromatic heterocycles. The molecule has 0 saturated carbocycles. The second kappa shape index (κ2) is 10.6. The van der Waals surface area contributed by atoms with E-state index in [2.05, 4.69) is 10.6 Å². The van der Waals surface area contributed by atoms with Gasteiger partial charge in [0.25, 0.3) is 11.8 Å². The molecule has 2 rings (SSSR count). The topological polar surface area (TPSA) is 81.1 Å². The Morgan fingerprint density at radius 1 is 0.964 bits per heavy atom. The monoisotopic (exact) mass is 404 g/mol. The summed E-state index contributed by atoms with van der Waals surface area (Å²) >= 11 is 1.57. The molecule has 7 nitrogen and oxygen atoms in total. The molecule has 2 aromatic rings. The molecule has 0 fully saturated rings. The number of ether oxygens (including phenoxy) is 2. The Labute approximate surface area is 169 Å². The number of thioether (sulfide) groups is 1. The first-order valence-electron chi connectivity index (χ1n) is 8.72. The third kappa shape index (κ3) is 6.17. The minimum Gasteiger partial charge on any atom is -0.497 e. The summed E-state index contributed by atoms with van der Waals surface area (Å²) in [6.45, 7) is 0.309. The Hall–Kier alpha value is -2.71. The fourth-order valence-electron chi connectivity index (χ4n) is 2.66. The number of methoxy groups -OCH3 is 2. The number of carbonyl (C=O) groups is 2. The van der Waals surface area contributed by atoms with Crippen LogP contribution in [0.4, 0.5) is 11.4 Å². The van der Waals surface area contributed by atoms with E-state index in [-0.39, 0.29) is 24.9 Å². The van der Waals surface area contributed by atoms with Crippen molar-refractivity contribution in [2.45, 2.75) is 4.90 Å². The maximum Gasteiger partial charge on any atom is 0.279 e. The van der Waals surface area contributed by atoms with E-state index < -0.39 is 0 Å². The van der Waals surface area contributed by atoms with E-state index in [4.69, 9.17) is 9.47 Å². The second-order valence-electron chi connectivity index (χ2n) is 6.17. The molecule has 0 spiro atoms. The maximum atomic E-state index is 12.4. The van der Waals surface area contributed by atoms with Gasteiger partial charge in [-0.2, -0.15) is 0 Å². The molecule has 2 amide bonds. The highest BCUT2D eigenvalue weighted by molar-refractivity contribution is 7.98. The lowest BCUT2D eigenvalue weighted by atomic mass is 10.2. The Balaban J connectivity index is 1.91. The van der Waals surface area contributed by atoms with E-state index in [1.165, 1.54) is 7.11 Å². The average molecular weight is 405 g/mol. The molecule has 1 unspecified atom stereocenters. The van der Waals surface area contributed by atoms with Gasteiger partial charge in [-0.25, -0.2) is 0 Å².